The number of rotatable bonds is 3. The van der Waals surface area contributed by atoms with Crippen molar-refractivity contribution in [1.29, 1.82) is 0 Å². The van der Waals surface area contributed by atoms with Gasteiger partial charge in [0.25, 0.3) is 0 Å². The normalized spacial score (nSPS) is 23.9. The van der Waals surface area contributed by atoms with Gasteiger partial charge in [-0.25, -0.2) is 0 Å². The van der Waals surface area contributed by atoms with Crippen molar-refractivity contribution in [2.75, 3.05) is 19.7 Å². The van der Waals surface area contributed by atoms with Crippen LogP contribution in [0.25, 0.3) is 0 Å². The molecule has 1 aliphatic carbocycles. The van der Waals surface area contributed by atoms with E-state index < -0.39 is 0 Å². The molecule has 0 bridgehead atoms. The summed E-state index contributed by atoms with van der Waals surface area (Å²) in [4.78, 5) is 13.7. The number of nitrogens with zero attached hydrogens (tertiary/aromatic N) is 1. The number of likely N-dealkylation sites (tertiary alicyclic amines) is 1. The molecule has 0 radical (unpaired) electrons. The van der Waals surface area contributed by atoms with Crippen LogP contribution in [0, 0.1) is 5.92 Å². The van der Waals surface area contributed by atoms with E-state index in [9.17, 15) is 4.79 Å². The summed E-state index contributed by atoms with van der Waals surface area (Å²) >= 11 is 0. The van der Waals surface area contributed by atoms with Crippen molar-refractivity contribution in [2.45, 2.75) is 38.7 Å². The van der Waals surface area contributed by atoms with Crippen LogP contribution in [0.4, 0.5) is 0 Å². The van der Waals surface area contributed by atoms with E-state index in [0.29, 0.717) is 17.9 Å². The Labute approximate surface area is 85.4 Å². The van der Waals surface area contributed by atoms with Gasteiger partial charge in [-0.2, -0.15) is 0 Å². The molecule has 0 aromatic carbocycles. The topological polar surface area (TPSA) is 29.5 Å². The van der Waals surface area contributed by atoms with E-state index >= 15 is 0 Å². The fourth-order valence-electron chi connectivity index (χ4n) is 2.07. The maximum absolute atomic E-state index is 11.7. The summed E-state index contributed by atoms with van der Waals surface area (Å²) in [5.41, 5.74) is 0. The van der Waals surface area contributed by atoms with Crippen LogP contribution in [-0.4, -0.2) is 36.6 Å². The van der Waals surface area contributed by atoms with Crippen LogP contribution in [0.5, 0.6) is 0 Å². The first-order valence-electron chi connectivity index (χ1n) is 5.71. The zero-order valence-electron chi connectivity index (χ0n) is 8.87. The molecule has 2 fully saturated rings. The van der Waals surface area contributed by atoms with E-state index in [1.165, 1.54) is 0 Å². The molecule has 0 atom stereocenters. The predicted octanol–water partition coefficient (Wildman–Crippen LogP) is 1.42. The Kier molecular flexibility index (Phi) is 3.06. The third kappa shape index (κ3) is 2.27. The van der Waals surface area contributed by atoms with Gasteiger partial charge in [0, 0.05) is 25.6 Å². The van der Waals surface area contributed by atoms with E-state index in [2.05, 4.69) is 0 Å². The Hall–Kier alpha value is -0.570. The van der Waals surface area contributed by atoms with Crippen LogP contribution in [0.15, 0.2) is 0 Å². The summed E-state index contributed by atoms with van der Waals surface area (Å²) < 4.78 is 5.55. The molecule has 3 nitrogen and oxygen atoms in total. The summed E-state index contributed by atoms with van der Waals surface area (Å²) in [5.74, 6) is 0.763. The Balaban J connectivity index is 1.74. The van der Waals surface area contributed by atoms with Crippen molar-refractivity contribution >= 4 is 5.91 Å². The molecule has 0 aromatic heterocycles. The predicted molar refractivity (Wildman–Crippen MR) is 54.0 cm³/mol. The molecule has 1 saturated carbocycles. The second kappa shape index (κ2) is 4.30. The minimum Gasteiger partial charge on any atom is -0.378 e. The van der Waals surface area contributed by atoms with Gasteiger partial charge >= 0.3 is 0 Å². The van der Waals surface area contributed by atoms with E-state index in [1.54, 1.807) is 0 Å². The Morgan fingerprint density at radius 1 is 1.29 bits per heavy atom. The van der Waals surface area contributed by atoms with Crippen molar-refractivity contribution in [3.8, 4) is 0 Å². The lowest BCUT2D eigenvalue weighted by atomic mass is 10.1. The molecule has 3 heteroatoms. The van der Waals surface area contributed by atoms with Gasteiger partial charge in [0.1, 0.15) is 0 Å². The highest BCUT2D eigenvalue weighted by molar-refractivity contribution is 5.81. The Morgan fingerprint density at radius 2 is 1.93 bits per heavy atom. The van der Waals surface area contributed by atoms with Crippen molar-refractivity contribution < 1.29 is 9.53 Å². The molecule has 0 N–H and O–H groups in total. The van der Waals surface area contributed by atoms with E-state index in [1.807, 2.05) is 11.8 Å². The van der Waals surface area contributed by atoms with Crippen molar-refractivity contribution in [3.05, 3.63) is 0 Å². The SMILES string of the molecule is CCOC1CCN(C(=O)C2CC2)CC1. The Morgan fingerprint density at radius 3 is 2.43 bits per heavy atom. The summed E-state index contributed by atoms with van der Waals surface area (Å²) in [5, 5.41) is 0. The maximum atomic E-state index is 11.7. The number of carbonyl (C=O) groups excluding carboxylic acids is 1. The highest BCUT2D eigenvalue weighted by Crippen LogP contribution is 2.32. The molecular weight excluding hydrogens is 178 g/mol. The van der Waals surface area contributed by atoms with Gasteiger partial charge in [0.05, 0.1) is 6.10 Å². The first-order chi connectivity index (χ1) is 6.81. The Bertz CT molecular complexity index is 205. The average molecular weight is 197 g/mol. The molecule has 1 saturated heterocycles. The molecule has 14 heavy (non-hydrogen) atoms. The smallest absolute Gasteiger partial charge is 0.225 e. The second-order valence-electron chi connectivity index (χ2n) is 4.25. The highest BCUT2D eigenvalue weighted by atomic mass is 16.5. The first kappa shape index (κ1) is 9.97. The lowest BCUT2D eigenvalue weighted by Gasteiger charge is -2.31. The molecule has 0 aromatic rings. The second-order valence-corrected chi connectivity index (χ2v) is 4.25. The number of piperidine rings is 1. The standard InChI is InChI=1S/C11H19NO2/c1-2-14-10-5-7-12(8-6-10)11(13)9-3-4-9/h9-10H,2-8H2,1H3. The molecule has 2 aliphatic rings. The van der Waals surface area contributed by atoms with Crippen LogP contribution >= 0.6 is 0 Å². The molecule has 1 amide bonds. The number of carbonyl (C=O) groups is 1. The summed E-state index contributed by atoms with van der Waals surface area (Å²) in [6.45, 7) is 4.63. The van der Waals surface area contributed by atoms with Gasteiger partial charge in [0.2, 0.25) is 5.91 Å². The van der Waals surface area contributed by atoms with Crippen LogP contribution in [-0.2, 0) is 9.53 Å². The van der Waals surface area contributed by atoms with Crippen molar-refractivity contribution in [1.82, 2.24) is 4.90 Å². The molecule has 1 aliphatic heterocycles. The van der Waals surface area contributed by atoms with Gasteiger partial charge in [-0.15, -0.1) is 0 Å². The van der Waals surface area contributed by atoms with Gasteiger partial charge in [-0.05, 0) is 32.6 Å². The zero-order chi connectivity index (χ0) is 9.97. The van der Waals surface area contributed by atoms with Crippen LogP contribution in [0.2, 0.25) is 0 Å². The molecule has 0 unspecified atom stereocenters. The minimum atomic E-state index is 0.374. The van der Waals surface area contributed by atoms with Gasteiger partial charge < -0.3 is 9.64 Å². The van der Waals surface area contributed by atoms with E-state index in [0.717, 1.165) is 45.4 Å². The number of hydrogen-bond acceptors (Lipinski definition) is 2. The third-order valence-electron chi connectivity index (χ3n) is 3.08. The third-order valence-corrected chi connectivity index (χ3v) is 3.08. The molecule has 0 spiro atoms. The highest BCUT2D eigenvalue weighted by Gasteiger charge is 2.34. The van der Waals surface area contributed by atoms with Gasteiger partial charge in [-0.3, -0.25) is 4.79 Å². The number of hydrogen-bond donors (Lipinski definition) is 0. The number of amides is 1. The lowest BCUT2D eigenvalue weighted by Crippen LogP contribution is -2.41. The maximum Gasteiger partial charge on any atom is 0.225 e. The van der Waals surface area contributed by atoms with Crippen molar-refractivity contribution in [3.63, 3.8) is 0 Å². The number of ether oxygens (including phenoxy) is 1. The fraction of sp³-hybridized carbons (Fsp3) is 0.909. The molecule has 2 rings (SSSR count). The van der Waals surface area contributed by atoms with E-state index in [-0.39, 0.29) is 0 Å². The lowest BCUT2D eigenvalue weighted by molar-refractivity contribution is -0.135. The van der Waals surface area contributed by atoms with Crippen LogP contribution in [0.1, 0.15) is 32.6 Å². The summed E-state index contributed by atoms with van der Waals surface area (Å²) in [6, 6.07) is 0. The summed E-state index contributed by atoms with van der Waals surface area (Å²) in [7, 11) is 0. The summed E-state index contributed by atoms with van der Waals surface area (Å²) in [6.07, 6.45) is 4.66. The zero-order valence-corrected chi connectivity index (χ0v) is 8.87. The molecule has 80 valence electrons. The van der Waals surface area contributed by atoms with Gasteiger partial charge in [0.15, 0.2) is 0 Å². The van der Waals surface area contributed by atoms with Crippen molar-refractivity contribution in [2.24, 2.45) is 5.92 Å². The molecule has 1 heterocycles. The fourth-order valence-corrected chi connectivity index (χ4v) is 2.07. The largest absolute Gasteiger partial charge is 0.378 e. The quantitative estimate of drug-likeness (QED) is 0.685. The van der Waals surface area contributed by atoms with Crippen LogP contribution in [0.3, 0.4) is 0 Å². The molecular formula is C11H19NO2. The van der Waals surface area contributed by atoms with Crippen LogP contribution < -0.4 is 0 Å². The van der Waals surface area contributed by atoms with Gasteiger partial charge in [-0.1, -0.05) is 0 Å². The average Bonchev–Trinajstić information content (AvgIpc) is 3.02. The van der Waals surface area contributed by atoms with E-state index in [4.69, 9.17) is 4.74 Å². The monoisotopic (exact) mass is 197 g/mol. The minimum absolute atomic E-state index is 0.374. The first-order valence-corrected chi connectivity index (χ1v) is 5.71.